The SMILES string of the molecule is CC1CCCC(NC(=O)C2(N)CCCCC2)CC1. The number of carbonyl (C=O) groups is 1. The summed E-state index contributed by atoms with van der Waals surface area (Å²) in [5, 5.41) is 3.23. The smallest absolute Gasteiger partial charge is 0.240 e. The summed E-state index contributed by atoms with van der Waals surface area (Å²) in [6, 6.07) is 0.366. The minimum absolute atomic E-state index is 0.113. The van der Waals surface area contributed by atoms with Crippen LogP contribution in [0, 0.1) is 5.92 Å². The average Bonchev–Trinajstić information content (AvgIpc) is 2.55. The van der Waals surface area contributed by atoms with E-state index < -0.39 is 5.54 Å². The number of nitrogens with two attached hydrogens (primary N) is 1. The predicted molar refractivity (Wildman–Crippen MR) is 74.2 cm³/mol. The van der Waals surface area contributed by atoms with E-state index in [1.54, 1.807) is 0 Å². The molecule has 104 valence electrons. The normalized spacial score (nSPS) is 32.6. The quantitative estimate of drug-likeness (QED) is 0.742. The molecule has 0 aliphatic heterocycles. The molecule has 2 atom stereocenters. The van der Waals surface area contributed by atoms with Crippen LogP contribution < -0.4 is 11.1 Å². The molecule has 3 N–H and O–H groups in total. The Bertz CT molecular complexity index is 284. The Kier molecular flexibility index (Phi) is 4.66. The fourth-order valence-corrected chi connectivity index (χ4v) is 3.37. The van der Waals surface area contributed by atoms with Crippen LogP contribution in [0.1, 0.15) is 71.1 Å². The molecule has 2 aliphatic carbocycles. The molecule has 2 rings (SSSR count). The second-order valence-electron chi connectivity index (χ2n) is 6.50. The van der Waals surface area contributed by atoms with Crippen LogP contribution in [0.15, 0.2) is 0 Å². The van der Waals surface area contributed by atoms with E-state index in [-0.39, 0.29) is 5.91 Å². The van der Waals surface area contributed by atoms with Crippen molar-refractivity contribution in [3.8, 4) is 0 Å². The Morgan fingerprint density at radius 1 is 1.06 bits per heavy atom. The van der Waals surface area contributed by atoms with Crippen molar-refractivity contribution < 1.29 is 4.79 Å². The minimum atomic E-state index is -0.573. The zero-order valence-corrected chi connectivity index (χ0v) is 11.7. The van der Waals surface area contributed by atoms with Crippen molar-refractivity contribution in [2.45, 2.75) is 82.7 Å². The maximum atomic E-state index is 12.3. The van der Waals surface area contributed by atoms with Gasteiger partial charge < -0.3 is 11.1 Å². The highest BCUT2D eigenvalue weighted by Gasteiger charge is 2.36. The van der Waals surface area contributed by atoms with Gasteiger partial charge in [-0.25, -0.2) is 0 Å². The lowest BCUT2D eigenvalue weighted by atomic mass is 9.81. The van der Waals surface area contributed by atoms with Gasteiger partial charge in [-0.05, 0) is 38.0 Å². The Hall–Kier alpha value is -0.570. The van der Waals surface area contributed by atoms with Crippen LogP contribution in [0.4, 0.5) is 0 Å². The molecule has 3 nitrogen and oxygen atoms in total. The van der Waals surface area contributed by atoms with Crippen LogP contribution in [0.2, 0.25) is 0 Å². The Balaban J connectivity index is 1.86. The lowest BCUT2D eigenvalue weighted by Gasteiger charge is -2.33. The van der Waals surface area contributed by atoms with Crippen LogP contribution in [0.25, 0.3) is 0 Å². The second kappa shape index (κ2) is 6.05. The van der Waals surface area contributed by atoms with Gasteiger partial charge in [-0.15, -0.1) is 0 Å². The van der Waals surface area contributed by atoms with E-state index >= 15 is 0 Å². The number of hydrogen-bond acceptors (Lipinski definition) is 2. The van der Waals surface area contributed by atoms with Crippen molar-refractivity contribution in [2.24, 2.45) is 11.7 Å². The number of rotatable bonds is 2. The van der Waals surface area contributed by atoms with E-state index in [1.165, 1.54) is 25.7 Å². The summed E-state index contributed by atoms with van der Waals surface area (Å²) in [6.45, 7) is 2.32. The highest BCUT2D eigenvalue weighted by Crippen LogP contribution is 2.27. The molecule has 2 aliphatic rings. The Labute approximate surface area is 111 Å². The second-order valence-corrected chi connectivity index (χ2v) is 6.50. The van der Waals surface area contributed by atoms with Gasteiger partial charge in [-0.3, -0.25) is 4.79 Å². The fraction of sp³-hybridized carbons (Fsp3) is 0.933. The van der Waals surface area contributed by atoms with Crippen LogP contribution in [0.3, 0.4) is 0 Å². The standard InChI is InChI=1S/C15H28N2O/c1-12-6-5-7-13(9-8-12)17-14(18)15(16)10-3-2-4-11-15/h12-13H,2-11,16H2,1H3,(H,17,18). The van der Waals surface area contributed by atoms with E-state index in [1.807, 2.05) is 0 Å². The van der Waals surface area contributed by atoms with Gasteiger partial charge >= 0.3 is 0 Å². The van der Waals surface area contributed by atoms with Crippen molar-refractivity contribution in [1.82, 2.24) is 5.32 Å². The third kappa shape index (κ3) is 3.47. The zero-order chi connectivity index (χ0) is 13.0. The summed E-state index contributed by atoms with van der Waals surface area (Å²) in [7, 11) is 0. The van der Waals surface area contributed by atoms with E-state index in [4.69, 9.17) is 5.73 Å². The van der Waals surface area contributed by atoms with Gasteiger partial charge in [0.25, 0.3) is 0 Å². The summed E-state index contributed by atoms with van der Waals surface area (Å²) in [5.41, 5.74) is 5.70. The first-order valence-corrected chi connectivity index (χ1v) is 7.70. The lowest BCUT2D eigenvalue weighted by molar-refractivity contribution is -0.128. The lowest BCUT2D eigenvalue weighted by Crippen LogP contribution is -2.57. The topological polar surface area (TPSA) is 55.1 Å². The van der Waals surface area contributed by atoms with Crippen molar-refractivity contribution >= 4 is 5.91 Å². The van der Waals surface area contributed by atoms with Gasteiger partial charge in [-0.1, -0.05) is 39.0 Å². The van der Waals surface area contributed by atoms with Gasteiger partial charge in [0, 0.05) is 6.04 Å². The largest absolute Gasteiger partial charge is 0.352 e. The average molecular weight is 252 g/mol. The van der Waals surface area contributed by atoms with Crippen molar-refractivity contribution in [2.75, 3.05) is 0 Å². The molecule has 2 unspecified atom stereocenters. The fourth-order valence-electron chi connectivity index (χ4n) is 3.37. The Morgan fingerprint density at radius 2 is 1.78 bits per heavy atom. The first kappa shape index (κ1) is 13.9. The van der Waals surface area contributed by atoms with Crippen molar-refractivity contribution in [3.63, 3.8) is 0 Å². The van der Waals surface area contributed by atoms with E-state index in [2.05, 4.69) is 12.2 Å². The summed E-state index contributed by atoms with van der Waals surface area (Å²) in [6.07, 6.45) is 11.2. The molecule has 0 bridgehead atoms. The molecule has 3 heteroatoms. The van der Waals surface area contributed by atoms with Crippen LogP contribution in [0.5, 0.6) is 0 Å². The molecule has 0 aromatic carbocycles. The molecule has 0 spiro atoms. The summed E-state index contributed by atoms with van der Waals surface area (Å²) < 4.78 is 0. The predicted octanol–water partition coefficient (Wildman–Crippen LogP) is 2.73. The molecule has 2 saturated carbocycles. The summed E-state index contributed by atoms with van der Waals surface area (Å²) >= 11 is 0. The summed E-state index contributed by atoms with van der Waals surface area (Å²) in [4.78, 5) is 12.3. The minimum Gasteiger partial charge on any atom is -0.352 e. The molecule has 0 aromatic heterocycles. The third-order valence-electron chi connectivity index (χ3n) is 4.79. The number of carbonyl (C=O) groups excluding carboxylic acids is 1. The molecular formula is C15H28N2O. The van der Waals surface area contributed by atoms with Crippen molar-refractivity contribution in [3.05, 3.63) is 0 Å². The van der Waals surface area contributed by atoms with Crippen molar-refractivity contribution in [1.29, 1.82) is 0 Å². The van der Waals surface area contributed by atoms with E-state index in [9.17, 15) is 4.79 Å². The highest BCUT2D eigenvalue weighted by atomic mass is 16.2. The van der Waals surface area contributed by atoms with Gasteiger partial charge in [-0.2, -0.15) is 0 Å². The molecule has 0 radical (unpaired) electrons. The maximum absolute atomic E-state index is 12.3. The Morgan fingerprint density at radius 3 is 2.50 bits per heavy atom. The van der Waals surface area contributed by atoms with Gasteiger partial charge in [0.1, 0.15) is 0 Å². The summed E-state index contributed by atoms with van der Waals surface area (Å²) in [5.74, 6) is 0.926. The van der Waals surface area contributed by atoms with Gasteiger partial charge in [0.05, 0.1) is 5.54 Å². The maximum Gasteiger partial charge on any atom is 0.240 e. The van der Waals surface area contributed by atoms with Crippen LogP contribution in [-0.4, -0.2) is 17.5 Å². The molecular weight excluding hydrogens is 224 g/mol. The molecule has 18 heavy (non-hydrogen) atoms. The monoisotopic (exact) mass is 252 g/mol. The van der Waals surface area contributed by atoms with Crippen LogP contribution in [-0.2, 0) is 4.79 Å². The first-order chi connectivity index (χ1) is 8.60. The number of hydrogen-bond donors (Lipinski definition) is 2. The van der Waals surface area contributed by atoms with Crippen LogP contribution >= 0.6 is 0 Å². The molecule has 0 aromatic rings. The van der Waals surface area contributed by atoms with Gasteiger partial charge in [0.15, 0.2) is 0 Å². The molecule has 0 saturated heterocycles. The molecule has 2 fully saturated rings. The third-order valence-corrected chi connectivity index (χ3v) is 4.79. The number of nitrogens with one attached hydrogen (secondary N) is 1. The van der Waals surface area contributed by atoms with Gasteiger partial charge in [0.2, 0.25) is 5.91 Å². The zero-order valence-electron chi connectivity index (χ0n) is 11.7. The highest BCUT2D eigenvalue weighted by molar-refractivity contribution is 5.86. The van der Waals surface area contributed by atoms with E-state index in [0.717, 1.165) is 44.4 Å². The van der Waals surface area contributed by atoms with E-state index in [0.29, 0.717) is 6.04 Å². The molecule has 0 heterocycles. The first-order valence-electron chi connectivity index (χ1n) is 7.70. The molecule has 1 amide bonds. The number of amides is 1.